The van der Waals surface area contributed by atoms with E-state index in [1.807, 2.05) is 35.6 Å². The smallest absolute Gasteiger partial charge is 0.405 e. The summed E-state index contributed by atoms with van der Waals surface area (Å²) in [7, 11) is 0. The second-order valence-corrected chi connectivity index (χ2v) is 6.49. The van der Waals surface area contributed by atoms with Crippen molar-refractivity contribution in [3.8, 4) is 17.1 Å². The number of furan rings is 1. The summed E-state index contributed by atoms with van der Waals surface area (Å²) >= 11 is 1.00. The summed E-state index contributed by atoms with van der Waals surface area (Å²) in [6.45, 7) is 0.425. The number of para-hydroxylation sites is 1. The van der Waals surface area contributed by atoms with Gasteiger partial charge in [0.05, 0.1) is 17.6 Å². The van der Waals surface area contributed by atoms with Crippen LogP contribution in [0.15, 0.2) is 52.2 Å². The van der Waals surface area contributed by atoms with Crippen molar-refractivity contribution in [3.63, 3.8) is 0 Å². The highest BCUT2D eigenvalue weighted by Crippen LogP contribution is 2.30. The van der Waals surface area contributed by atoms with Gasteiger partial charge in [0.25, 0.3) is 0 Å². The third-order valence-corrected chi connectivity index (χ3v) is 4.49. The average molecular weight is 396 g/mol. The molecule has 0 spiro atoms. The Morgan fingerprint density at radius 3 is 2.59 bits per heavy atom. The van der Waals surface area contributed by atoms with E-state index in [9.17, 15) is 18.0 Å². The molecule has 0 radical (unpaired) electrons. The Kier molecular flexibility index (Phi) is 5.54. The SMILES string of the molecule is Cc1occc1-c1nnc(SCC(=O)NCC(F)(F)F)n1-c1ccccc1. The Bertz CT molecular complexity index is 922. The molecule has 6 nitrogen and oxygen atoms in total. The molecule has 0 fully saturated rings. The first kappa shape index (κ1) is 19.0. The highest BCUT2D eigenvalue weighted by Gasteiger charge is 2.28. The Hall–Kier alpha value is -2.75. The maximum atomic E-state index is 12.2. The van der Waals surface area contributed by atoms with Crippen molar-refractivity contribution in [1.82, 2.24) is 20.1 Å². The summed E-state index contributed by atoms with van der Waals surface area (Å²) in [6.07, 6.45) is -2.91. The number of thioether (sulfide) groups is 1. The van der Waals surface area contributed by atoms with E-state index in [1.165, 1.54) is 6.26 Å². The molecule has 1 N–H and O–H groups in total. The first-order valence-corrected chi connectivity index (χ1v) is 8.85. The largest absolute Gasteiger partial charge is 0.469 e. The molecule has 1 amide bonds. The number of aryl methyl sites for hydroxylation is 1. The van der Waals surface area contributed by atoms with Crippen LogP contribution in [-0.4, -0.2) is 39.1 Å². The van der Waals surface area contributed by atoms with Crippen molar-refractivity contribution in [3.05, 3.63) is 48.4 Å². The lowest BCUT2D eigenvalue weighted by Gasteiger charge is -2.10. The molecule has 0 bridgehead atoms. The molecule has 142 valence electrons. The summed E-state index contributed by atoms with van der Waals surface area (Å²) in [5.41, 5.74) is 1.50. The number of hydrogen-bond acceptors (Lipinski definition) is 5. The molecule has 0 atom stereocenters. The van der Waals surface area contributed by atoms with Gasteiger partial charge in [-0.3, -0.25) is 9.36 Å². The maximum Gasteiger partial charge on any atom is 0.405 e. The molecule has 0 saturated heterocycles. The molecular weight excluding hydrogens is 381 g/mol. The quantitative estimate of drug-likeness (QED) is 0.645. The summed E-state index contributed by atoms with van der Waals surface area (Å²) < 4.78 is 43.7. The van der Waals surface area contributed by atoms with Gasteiger partial charge in [-0.15, -0.1) is 10.2 Å². The Balaban J connectivity index is 1.85. The molecule has 3 rings (SSSR count). The lowest BCUT2D eigenvalue weighted by Crippen LogP contribution is -2.34. The van der Waals surface area contributed by atoms with Gasteiger partial charge in [-0.25, -0.2) is 0 Å². The predicted molar refractivity (Wildman–Crippen MR) is 93.6 cm³/mol. The van der Waals surface area contributed by atoms with Crippen LogP contribution in [0.25, 0.3) is 17.1 Å². The zero-order valence-electron chi connectivity index (χ0n) is 14.2. The molecule has 0 unspecified atom stereocenters. The fraction of sp³-hybridized carbons (Fsp3) is 0.235. The number of benzene rings is 1. The lowest BCUT2D eigenvalue weighted by molar-refractivity contribution is -0.136. The fourth-order valence-electron chi connectivity index (χ4n) is 2.34. The number of carbonyl (C=O) groups excluding carboxylic acids is 1. The van der Waals surface area contributed by atoms with Crippen LogP contribution in [0, 0.1) is 6.92 Å². The van der Waals surface area contributed by atoms with Crippen LogP contribution >= 0.6 is 11.8 Å². The van der Waals surface area contributed by atoms with Gasteiger partial charge in [0, 0.05) is 5.69 Å². The minimum absolute atomic E-state index is 0.217. The molecule has 1 aromatic carbocycles. The zero-order chi connectivity index (χ0) is 19.4. The van der Waals surface area contributed by atoms with Crippen molar-refractivity contribution >= 4 is 17.7 Å². The highest BCUT2D eigenvalue weighted by molar-refractivity contribution is 7.99. The molecule has 2 aromatic heterocycles. The molecule has 0 aliphatic rings. The van der Waals surface area contributed by atoms with E-state index in [0.717, 1.165) is 23.0 Å². The van der Waals surface area contributed by atoms with Crippen molar-refractivity contribution in [1.29, 1.82) is 0 Å². The van der Waals surface area contributed by atoms with E-state index in [1.54, 1.807) is 17.6 Å². The minimum Gasteiger partial charge on any atom is -0.469 e. The highest BCUT2D eigenvalue weighted by atomic mass is 32.2. The number of nitrogens with one attached hydrogen (secondary N) is 1. The third kappa shape index (κ3) is 4.70. The van der Waals surface area contributed by atoms with Crippen LogP contribution in [0.4, 0.5) is 13.2 Å². The fourth-order valence-corrected chi connectivity index (χ4v) is 3.13. The topological polar surface area (TPSA) is 72.9 Å². The summed E-state index contributed by atoms with van der Waals surface area (Å²) in [4.78, 5) is 11.7. The molecule has 3 aromatic rings. The van der Waals surface area contributed by atoms with E-state index < -0.39 is 18.6 Å². The average Bonchev–Trinajstić information content (AvgIpc) is 3.24. The Morgan fingerprint density at radius 1 is 1.22 bits per heavy atom. The second-order valence-electron chi connectivity index (χ2n) is 5.55. The first-order valence-electron chi connectivity index (χ1n) is 7.87. The number of rotatable bonds is 6. The van der Waals surface area contributed by atoms with Crippen LogP contribution < -0.4 is 5.32 Å². The van der Waals surface area contributed by atoms with Gasteiger partial charge in [0.1, 0.15) is 12.3 Å². The van der Waals surface area contributed by atoms with Crippen LogP contribution in [0.1, 0.15) is 5.76 Å². The van der Waals surface area contributed by atoms with E-state index in [2.05, 4.69) is 10.2 Å². The predicted octanol–water partition coefficient (Wildman–Crippen LogP) is 3.61. The number of nitrogens with zero attached hydrogens (tertiary/aromatic N) is 3. The standard InChI is InChI=1S/C17H15F3N4O2S/c1-11-13(7-8-26-11)15-22-23-16(24(15)12-5-3-2-4-6-12)27-9-14(25)21-10-17(18,19)20/h2-8H,9-10H2,1H3,(H,21,25). The number of carbonyl (C=O) groups is 1. The van der Waals surface area contributed by atoms with Gasteiger partial charge in [0.15, 0.2) is 11.0 Å². The molecule has 0 aliphatic carbocycles. The maximum absolute atomic E-state index is 12.2. The molecule has 27 heavy (non-hydrogen) atoms. The molecular formula is C17H15F3N4O2S. The van der Waals surface area contributed by atoms with Crippen LogP contribution in [-0.2, 0) is 4.79 Å². The van der Waals surface area contributed by atoms with Gasteiger partial charge in [-0.05, 0) is 25.1 Å². The monoisotopic (exact) mass is 396 g/mol. The molecule has 2 heterocycles. The summed E-state index contributed by atoms with van der Waals surface area (Å²) in [5, 5.41) is 10.5. The van der Waals surface area contributed by atoms with E-state index in [-0.39, 0.29) is 5.75 Å². The van der Waals surface area contributed by atoms with E-state index in [0.29, 0.717) is 16.7 Å². The summed E-state index contributed by atoms with van der Waals surface area (Å²) in [6, 6.07) is 11.0. The van der Waals surface area contributed by atoms with Gasteiger partial charge in [0.2, 0.25) is 5.91 Å². The van der Waals surface area contributed by atoms with Crippen LogP contribution in [0.3, 0.4) is 0 Å². The van der Waals surface area contributed by atoms with Crippen molar-refractivity contribution in [2.24, 2.45) is 0 Å². The van der Waals surface area contributed by atoms with Crippen molar-refractivity contribution in [2.75, 3.05) is 12.3 Å². The number of aromatic nitrogens is 3. The first-order chi connectivity index (χ1) is 12.8. The van der Waals surface area contributed by atoms with E-state index >= 15 is 0 Å². The third-order valence-electron chi connectivity index (χ3n) is 3.57. The van der Waals surface area contributed by atoms with Gasteiger partial charge in [-0.1, -0.05) is 30.0 Å². The normalized spacial score (nSPS) is 11.6. The van der Waals surface area contributed by atoms with Crippen LogP contribution in [0.5, 0.6) is 0 Å². The van der Waals surface area contributed by atoms with Gasteiger partial charge in [-0.2, -0.15) is 13.2 Å². The van der Waals surface area contributed by atoms with Crippen molar-refractivity contribution < 1.29 is 22.4 Å². The molecule has 10 heteroatoms. The second kappa shape index (κ2) is 7.87. The van der Waals surface area contributed by atoms with Gasteiger partial charge < -0.3 is 9.73 Å². The van der Waals surface area contributed by atoms with Crippen LogP contribution in [0.2, 0.25) is 0 Å². The number of halogens is 3. The number of amides is 1. The van der Waals surface area contributed by atoms with Crippen molar-refractivity contribution in [2.45, 2.75) is 18.3 Å². The zero-order valence-corrected chi connectivity index (χ0v) is 15.0. The lowest BCUT2D eigenvalue weighted by atomic mass is 10.2. The van der Waals surface area contributed by atoms with Gasteiger partial charge >= 0.3 is 6.18 Å². The Labute approximate surface area is 156 Å². The molecule has 0 aliphatic heterocycles. The summed E-state index contributed by atoms with van der Waals surface area (Å²) in [5.74, 6) is 0.219. The van der Waals surface area contributed by atoms with E-state index in [4.69, 9.17) is 4.42 Å². The number of hydrogen-bond donors (Lipinski definition) is 1. The minimum atomic E-state index is -4.45. The number of alkyl halides is 3. The molecule has 0 saturated carbocycles. The Morgan fingerprint density at radius 2 is 1.96 bits per heavy atom.